The van der Waals surface area contributed by atoms with Gasteiger partial charge in [-0.25, -0.2) is 4.39 Å². The monoisotopic (exact) mass is 420 g/mol. The summed E-state index contributed by atoms with van der Waals surface area (Å²) >= 11 is 3.35. The predicted octanol–water partition coefficient (Wildman–Crippen LogP) is 2.73. The smallest absolute Gasteiger partial charge is 0.251 e. The summed E-state index contributed by atoms with van der Waals surface area (Å²) in [5.74, 6) is 0.279. The number of halogens is 2. The highest BCUT2D eigenvalue weighted by Crippen LogP contribution is 2.11. The third-order valence-electron chi connectivity index (χ3n) is 3.66. The maximum Gasteiger partial charge on any atom is 0.251 e. The van der Waals surface area contributed by atoms with Crippen LogP contribution in [-0.2, 0) is 6.42 Å². The molecule has 2 rings (SSSR count). The summed E-state index contributed by atoms with van der Waals surface area (Å²) in [6, 6.07) is 13.9. The van der Waals surface area contributed by atoms with Crippen molar-refractivity contribution in [3.8, 4) is 0 Å². The Labute approximate surface area is 161 Å². The minimum Gasteiger partial charge on any atom is -0.356 e. The van der Waals surface area contributed by atoms with Crippen LogP contribution in [0, 0.1) is 5.82 Å². The van der Waals surface area contributed by atoms with E-state index in [9.17, 15) is 9.18 Å². The lowest BCUT2D eigenvalue weighted by molar-refractivity contribution is 0.0954. The maximum atomic E-state index is 13.6. The summed E-state index contributed by atoms with van der Waals surface area (Å²) in [6.07, 6.45) is 0.562. The molecule has 0 saturated heterocycles. The third kappa shape index (κ3) is 6.48. The lowest BCUT2D eigenvalue weighted by Gasteiger charge is -2.12. The molecule has 3 N–H and O–H groups in total. The maximum absolute atomic E-state index is 13.6. The zero-order valence-corrected chi connectivity index (χ0v) is 16.1. The lowest BCUT2D eigenvalue weighted by Crippen LogP contribution is -2.42. The van der Waals surface area contributed by atoms with Gasteiger partial charge < -0.3 is 16.0 Å². The van der Waals surface area contributed by atoms with Gasteiger partial charge in [0.1, 0.15) is 5.82 Å². The molecule has 0 aliphatic heterocycles. The van der Waals surface area contributed by atoms with Crippen molar-refractivity contribution >= 4 is 27.8 Å². The quantitative estimate of drug-likeness (QED) is 0.366. The standard InChI is InChI=1S/C19H22BrFN4O/c1-22-19(24-10-9-14-5-2-3-8-17(14)21)25-12-11-23-18(26)15-6-4-7-16(20)13-15/h2-8,13H,9-12H2,1H3,(H,23,26)(H2,22,24,25). The average Bonchev–Trinajstić information content (AvgIpc) is 2.65. The Morgan fingerprint density at radius 2 is 1.77 bits per heavy atom. The molecule has 26 heavy (non-hydrogen) atoms. The number of carbonyl (C=O) groups is 1. The summed E-state index contributed by atoms with van der Waals surface area (Å²) in [5.41, 5.74) is 1.27. The fraction of sp³-hybridized carbons (Fsp3) is 0.263. The molecule has 138 valence electrons. The fourth-order valence-corrected chi connectivity index (χ4v) is 2.73. The summed E-state index contributed by atoms with van der Waals surface area (Å²) < 4.78 is 14.4. The van der Waals surface area contributed by atoms with Crippen molar-refractivity contribution in [2.75, 3.05) is 26.7 Å². The third-order valence-corrected chi connectivity index (χ3v) is 4.15. The van der Waals surface area contributed by atoms with Gasteiger partial charge in [0.25, 0.3) is 5.91 Å². The van der Waals surface area contributed by atoms with E-state index in [4.69, 9.17) is 0 Å². The van der Waals surface area contributed by atoms with Gasteiger partial charge in [0.05, 0.1) is 0 Å². The van der Waals surface area contributed by atoms with Crippen molar-refractivity contribution in [1.29, 1.82) is 0 Å². The number of amides is 1. The van der Waals surface area contributed by atoms with E-state index in [1.807, 2.05) is 18.2 Å². The highest BCUT2D eigenvalue weighted by Gasteiger charge is 2.05. The normalized spacial score (nSPS) is 11.1. The Morgan fingerprint density at radius 1 is 1.04 bits per heavy atom. The minimum atomic E-state index is -0.201. The molecule has 0 unspecified atom stereocenters. The molecule has 0 aliphatic rings. The number of nitrogens with one attached hydrogen (secondary N) is 3. The Kier molecular flexibility index (Phi) is 8.08. The van der Waals surface area contributed by atoms with Crippen molar-refractivity contribution in [2.45, 2.75) is 6.42 Å². The van der Waals surface area contributed by atoms with Gasteiger partial charge in [0.15, 0.2) is 5.96 Å². The highest BCUT2D eigenvalue weighted by atomic mass is 79.9. The zero-order chi connectivity index (χ0) is 18.8. The molecule has 0 aliphatic carbocycles. The summed E-state index contributed by atoms with van der Waals surface area (Å²) in [4.78, 5) is 16.1. The molecule has 0 saturated carbocycles. The first-order chi connectivity index (χ1) is 12.6. The molecule has 1 amide bonds. The van der Waals surface area contributed by atoms with Crippen LogP contribution >= 0.6 is 15.9 Å². The first kappa shape index (κ1) is 19.9. The van der Waals surface area contributed by atoms with Crippen molar-refractivity contribution in [3.05, 3.63) is 69.9 Å². The molecule has 0 bridgehead atoms. The van der Waals surface area contributed by atoms with E-state index >= 15 is 0 Å². The van der Waals surface area contributed by atoms with Crippen LogP contribution < -0.4 is 16.0 Å². The van der Waals surface area contributed by atoms with Gasteiger partial charge in [-0.3, -0.25) is 9.79 Å². The Bertz CT molecular complexity index is 767. The molecule has 0 spiro atoms. The number of benzene rings is 2. The van der Waals surface area contributed by atoms with Crippen LogP contribution in [0.25, 0.3) is 0 Å². The van der Waals surface area contributed by atoms with Crippen LogP contribution in [0.15, 0.2) is 58.0 Å². The minimum absolute atomic E-state index is 0.129. The van der Waals surface area contributed by atoms with Gasteiger partial charge in [-0.1, -0.05) is 40.2 Å². The van der Waals surface area contributed by atoms with Crippen LogP contribution in [0.2, 0.25) is 0 Å². The largest absolute Gasteiger partial charge is 0.356 e. The second-order valence-electron chi connectivity index (χ2n) is 5.53. The molecule has 0 fully saturated rings. The predicted molar refractivity (Wildman–Crippen MR) is 106 cm³/mol. The van der Waals surface area contributed by atoms with E-state index in [1.165, 1.54) is 6.07 Å². The van der Waals surface area contributed by atoms with E-state index in [1.54, 1.807) is 31.3 Å². The average molecular weight is 421 g/mol. The molecule has 2 aromatic rings. The van der Waals surface area contributed by atoms with Crippen molar-refractivity contribution in [2.24, 2.45) is 4.99 Å². The Morgan fingerprint density at radius 3 is 2.50 bits per heavy atom. The van der Waals surface area contributed by atoms with Crippen LogP contribution in [0.3, 0.4) is 0 Å². The van der Waals surface area contributed by atoms with Crippen molar-refractivity contribution < 1.29 is 9.18 Å². The van der Waals surface area contributed by atoms with Gasteiger partial charge in [0, 0.05) is 36.7 Å². The van der Waals surface area contributed by atoms with Gasteiger partial charge in [-0.2, -0.15) is 0 Å². The molecule has 0 aromatic heterocycles. The van der Waals surface area contributed by atoms with Crippen molar-refractivity contribution in [3.63, 3.8) is 0 Å². The summed E-state index contributed by atoms with van der Waals surface area (Å²) in [5, 5.41) is 9.08. The van der Waals surface area contributed by atoms with Gasteiger partial charge in [-0.05, 0) is 36.2 Å². The number of nitrogens with zero attached hydrogens (tertiary/aromatic N) is 1. The van der Waals surface area contributed by atoms with Crippen LogP contribution in [-0.4, -0.2) is 38.5 Å². The molecule has 0 heterocycles. The van der Waals surface area contributed by atoms with E-state index in [2.05, 4.69) is 36.9 Å². The van der Waals surface area contributed by atoms with Crippen LogP contribution in [0.4, 0.5) is 4.39 Å². The molecule has 0 radical (unpaired) electrons. The Hall–Kier alpha value is -2.41. The molecule has 7 heteroatoms. The summed E-state index contributed by atoms with van der Waals surface area (Å²) in [7, 11) is 1.67. The van der Waals surface area contributed by atoms with Crippen LogP contribution in [0.5, 0.6) is 0 Å². The number of aliphatic imine (C=N–C) groups is 1. The van der Waals surface area contributed by atoms with Gasteiger partial charge in [0.2, 0.25) is 0 Å². The van der Waals surface area contributed by atoms with E-state index in [0.717, 1.165) is 4.47 Å². The Balaban J connectivity index is 1.67. The molecule has 2 aromatic carbocycles. The second kappa shape index (κ2) is 10.6. The molecular weight excluding hydrogens is 399 g/mol. The zero-order valence-electron chi connectivity index (χ0n) is 14.6. The van der Waals surface area contributed by atoms with Crippen LogP contribution in [0.1, 0.15) is 15.9 Å². The topological polar surface area (TPSA) is 65.5 Å². The number of carbonyl (C=O) groups excluding carboxylic acids is 1. The lowest BCUT2D eigenvalue weighted by atomic mass is 10.1. The first-order valence-corrected chi connectivity index (χ1v) is 9.11. The van der Waals surface area contributed by atoms with E-state index in [0.29, 0.717) is 43.1 Å². The molecule has 0 atom stereocenters. The molecular formula is C19H22BrFN4O. The van der Waals surface area contributed by atoms with Crippen molar-refractivity contribution in [1.82, 2.24) is 16.0 Å². The summed E-state index contributed by atoms with van der Waals surface area (Å²) in [6.45, 7) is 1.55. The highest BCUT2D eigenvalue weighted by molar-refractivity contribution is 9.10. The van der Waals surface area contributed by atoms with E-state index < -0.39 is 0 Å². The fourth-order valence-electron chi connectivity index (χ4n) is 2.33. The number of guanidine groups is 1. The second-order valence-corrected chi connectivity index (χ2v) is 6.45. The SMILES string of the molecule is CN=C(NCCNC(=O)c1cccc(Br)c1)NCCc1ccccc1F. The number of rotatable bonds is 7. The molecule has 5 nitrogen and oxygen atoms in total. The van der Waals surface area contributed by atoms with Gasteiger partial charge in [-0.15, -0.1) is 0 Å². The van der Waals surface area contributed by atoms with Gasteiger partial charge >= 0.3 is 0 Å². The number of hydrogen-bond acceptors (Lipinski definition) is 2. The first-order valence-electron chi connectivity index (χ1n) is 8.32. The van der Waals surface area contributed by atoms with E-state index in [-0.39, 0.29) is 11.7 Å². The number of hydrogen-bond donors (Lipinski definition) is 3.